The number of benzene rings is 7. The lowest BCUT2D eigenvalue weighted by Crippen LogP contribution is -2.21. The predicted octanol–water partition coefficient (Wildman–Crippen LogP) is 10.4. The molecular weight excluding hydrogens is 587 g/mol. The van der Waals surface area contributed by atoms with Crippen LogP contribution in [0.25, 0.3) is 78.0 Å². The Balaban J connectivity index is 1.13. The van der Waals surface area contributed by atoms with E-state index in [1.165, 1.54) is 44.0 Å². The zero-order valence-electron chi connectivity index (χ0n) is 26.2. The molecule has 1 aromatic heterocycles. The van der Waals surface area contributed by atoms with Crippen LogP contribution in [-0.4, -0.2) is 28.0 Å². The van der Waals surface area contributed by atoms with Crippen LogP contribution >= 0.6 is 0 Å². The summed E-state index contributed by atoms with van der Waals surface area (Å²) in [5, 5.41) is 12.3. The Morgan fingerprint density at radius 3 is 1.31 bits per heavy atom. The normalized spacial score (nSPS) is 12.3. The Morgan fingerprint density at radius 2 is 0.729 bits per heavy atom. The average molecular weight is 618 g/mol. The van der Waals surface area contributed by atoms with Gasteiger partial charge in [0.1, 0.15) is 0 Å². The predicted molar refractivity (Wildman–Crippen MR) is 199 cm³/mol. The summed E-state index contributed by atoms with van der Waals surface area (Å²) in [6.07, 6.45) is 0. The second kappa shape index (κ2) is 11.8. The van der Waals surface area contributed by atoms with Gasteiger partial charge in [0.2, 0.25) is 0 Å². The molecule has 5 heteroatoms. The van der Waals surface area contributed by atoms with Gasteiger partial charge in [-0.1, -0.05) is 133 Å². The molecule has 0 atom stereocenters. The molecule has 1 aliphatic rings. The topological polar surface area (TPSA) is 62.7 Å². The summed E-state index contributed by atoms with van der Waals surface area (Å²) >= 11 is 0. The quantitative estimate of drug-likeness (QED) is 0.188. The number of fused-ring (bicyclic) bond motifs is 6. The van der Waals surface area contributed by atoms with Gasteiger partial charge in [0.25, 0.3) is 0 Å². The molecule has 9 rings (SSSR count). The van der Waals surface area contributed by atoms with Crippen LogP contribution in [-0.2, 0) is 0 Å². The van der Waals surface area contributed by atoms with E-state index < -0.39 is 0 Å². The lowest BCUT2D eigenvalue weighted by molar-refractivity contribution is 1.06. The van der Waals surface area contributed by atoms with E-state index in [-0.39, 0.29) is 0 Å². The molecule has 0 amide bonds. The zero-order chi connectivity index (χ0) is 31.9. The van der Waals surface area contributed by atoms with Gasteiger partial charge in [0, 0.05) is 40.6 Å². The maximum atomic E-state index is 4.95. The lowest BCUT2D eigenvalue weighted by Gasteiger charge is -2.24. The van der Waals surface area contributed by atoms with E-state index in [0.717, 1.165) is 40.9 Å². The van der Waals surface area contributed by atoms with Crippen molar-refractivity contribution in [2.45, 2.75) is 0 Å². The highest BCUT2D eigenvalue weighted by molar-refractivity contribution is 6.21. The third-order valence-corrected chi connectivity index (χ3v) is 9.10. The molecule has 0 fully saturated rings. The third-order valence-electron chi connectivity index (χ3n) is 9.10. The monoisotopic (exact) mass is 617 g/mol. The van der Waals surface area contributed by atoms with Crippen LogP contribution in [0.5, 0.6) is 0 Å². The maximum absolute atomic E-state index is 4.95. The van der Waals surface area contributed by atoms with Crippen LogP contribution in [0.15, 0.2) is 152 Å². The van der Waals surface area contributed by atoms with E-state index in [4.69, 9.17) is 15.0 Å². The molecule has 2 heterocycles. The van der Waals surface area contributed by atoms with E-state index in [0.29, 0.717) is 17.5 Å². The molecule has 228 valence electrons. The van der Waals surface area contributed by atoms with Gasteiger partial charge in [-0.15, -0.1) is 0 Å². The molecule has 1 aliphatic heterocycles. The Morgan fingerprint density at radius 1 is 0.312 bits per heavy atom. The van der Waals surface area contributed by atoms with E-state index in [2.05, 4.69) is 102 Å². The molecule has 0 saturated heterocycles. The third kappa shape index (κ3) is 5.02. The summed E-state index contributed by atoms with van der Waals surface area (Å²) in [6.45, 7) is 1.83. The number of nitrogens with one attached hydrogen (secondary N) is 2. The largest absolute Gasteiger partial charge is 0.381 e. The lowest BCUT2D eigenvalue weighted by atomic mass is 9.93. The first-order valence-electron chi connectivity index (χ1n) is 16.3. The number of nitrogens with zero attached hydrogens (tertiary/aromatic N) is 3. The van der Waals surface area contributed by atoms with Gasteiger partial charge in [-0.3, -0.25) is 0 Å². The van der Waals surface area contributed by atoms with E-state index in [1.54, 1.807) is 0 Å². The van der Waals surface area contributed by atoms with Crippen molar-refractivity contribution in [1.29, 1.82) is 0 Å². The van der Waals surface area contributed by atoms with Gasteiger partial charge >= 0.3 is 0 Å². The van der Waals surface area contributed by atoms with E-state index in [9.17, 15) is 0 Å². The average Bonchev–Trinajstić information content (AvgIpc) is 3.18. The summed E-state index contributed by atoms with van der Waals surface area (Å²) in [5.74, 6) is 1.96. The molecule has 0 unspecified atom stereocenters. The van der Waals surface area contributed by atoms with Crippen LogP contribution in [0.2, 0.25) is 0 Å². The van der Waals surface area contributed by atoms with Crippen molar-refractivity contribution in [2.75, 3.05) is 23.7 Å². The Hall–Kier alpha value is -6.33. The maximum Gasteiger partial charge on any atom is 0.164 e. The minimum atomic E-state index is 0.647. The fourth-order valence-corrected chi connectivity index (χ4v) is 6.77. The van der Waals surface area contributed by atoms with Gasteiger partial charge in [-0.05, 0) is 51.2 Å². The number of anilines is 2. The summed E-state index contributed by atoms with van der Waals surface area (Å²) in [5.41, 5.74) is 9.84. The molecule has 0 spiro atoms. The fourth-order valence-electron chi connectivity index (χ4n) is 6.77. The standard InChI is InChI=1S/C43H31N5/c1-3-11-28(12-4-1)41-46-42(29-13-5-2-6-14-29)48-43(47-41)34-18-10-17-32(26-34)30-15-9-16-31(25-30)33-21-22-37-38(27-33)35-19-7-8-20-36(35)39-40(37)45-24-23-44-39/h1-22,25-27,44-45H,23-24H2. The van der Waals surface area contributed by atoms with Crippen LogP contribution < -0.4 is 10.6 Å². The van der Waals surface area contributed by atoms with E-state index >= 15 is 0 Å². The van der Waals surface area contributed by atoms with Crippen LogP contribution in [0, 0.1) is 0 Å². The van der Waals surface area contributed by atoms with Crippen molar-refractivity contribution in [3.05, 3.63) is 152 Å². The highest BCUT2D eigenvalue weighted by Crippen LogP contribution is 2.43. The summed E-state index contributed by atoms with van der Waals surface area (Å²) in [4.78, 5) is 14.8. The number of hydrogen-bond donors (Lipinski definition) is 2. The molecular formula is C43H31N5. The first-order chi connectivity index (χ1) is 23.8. The Labute approximate surface area is 279 Å². The van der Waals surface area contributed by atoms with Crippen LogP contribution in [0.3, 0.4) is 0 Å². The summed E-state index contributed by atoms with van der Waals surface area (Å²) < 4.78 is 0. The van der Waals surface area contributed by atoms with Crippen molar-refractivity contribution < 1.29 is 0 Å². The molecule has 0 radical (unpaired) electrons. The van der Waals surface area contributed by atoms with Crippen molar-refractivity contribution >= 4 is 32.9 Å². The molecule has 0 saturated carbocycles. The zero-order valence-corrected chi connectivity index (χ0v) is 26.2. The van der Waals surface area contributed by atoms with Gasteiger partial charge in [0.15, 0.2) is 17.5 Å². The second-order valence-corrected chi connectivity index (χ2v) is 12.1. The van der Waals surface area contributed by atoms with Crippen LogP contribution in [0.4, 0.5) is 11.4 Å². The number of rotatable bonds is 5. The summed E-state index contributed by atoms with van der Waals surface area (Å²) in [7, 11) is 0. The van der Waals surface area contributed by atoms with Crippen molar-refractivity contribution in [3.63, 3.8) is 0 Å². The van der Waals surface area contributed by atoms with Crippen molar-refractivity contribution in [3.8, 4) is 56.4 Å². The number of aromatic nitrogens is 3. The summed E-state index contributed by atoms with van der Waals surface area (Å²) in [6, 6.07) is 53.0. The SMILES string of the molecule is c1ccc(-c2nc(-c3ccccc3)nc(-c3cccc(-c4cccc(-c5ccc6c7c(c8ccccc8c6c5)NCCN7)c4)c3)n2)cc1. The molecule has 0 bridgehead atoms. The van der Waals surface area contributed by atoms with Gasteiger partial charge in [-0.2, -0.15) is 0 Å². The first-order valence-corrected chi connectivity index (χ1v) is 16.3. The Kier molecular flexibility index (Phi) is 6.86. The molecule has 5 nitrogen and oxygen atoms in total. The Bertz CT molecular complexity index is 2400. The highest BCUT2D eigenvalue weighted by Gasteiger charge is 2.18. The van der Waals surface area contributed by atoms with Crippen LogP contribution in [0.1, 0.15) is 0 Å². The smallest absolute Gasteiger partial charge is 0.164 e. The number of hydrogen-bond acceptors (Lipinski definition) is 5. The second-order valence-electron chi connectivity index (χ2n) is 12.1. The minimum absolute atomic E-state index is 0.647. The molecule has 0 aliphatic carbocycles. The van der Waals surface area contributed by atoms with Crippen molar-refractivity contribution in [2.24, 2.45) is 0 Å². The highest BCUT2D eigenvalue weighted by atomic mass is 15.0. The molecule has 8 aromatic rings. The van der Waals surface area contributed by atoms with Gasteiger partial charge in [0.05, 0.1) is 11.4 Å². The molecule has 2 N–H and O–H groups in total. The molecule has 48 heavy (non-hydrogen) atoms. The van der Waals surface area contributed by atoms with Gasteiger partial charge in [-0.25, -0.2) is 15.0 Å². The first kappa shape index (κ1) is 27.9. The van der Waals surface area contributed by atoms with Crippen molar-refractivity contribution in [1.82, 2.24) is 15.0 Å². The van der Waals surface area contributed by atoms with E-state index in [1.807, 2.05) is 60.7 Å². The van der Waals surface area contributed by atoms with Gasteiger partial charge < -0.3 is 10.6 Å². The minimum Gasteiger partial charge on any atom is -0.381 e. The fraction of sp³-hybridized carbons (Fsp3) is 0.0465. The molecule has 7 aromatic carbocycles.